The quantitative estimate of drug-likeness (QED) is 0.410. The van der Waals surface area contributed by atoms with Crippen molar-refractivity contribution in [3.8, 4) is 6.07 Å². The summed E-state index contributed by atoms with van der Waals surface area (Å²) in [6, 6.07) is 2.14. The van der Waals surface area contributed by atoms with Crippen LogP contribution in [0.25, 0.3) is 4.85 Å². The first kappa shape index (κ1) is 11.0. The Kier molecular flexibility index (Phi) is 10.0. The average Bonchev–Trinajstić information content (AvgIpc) is 2.03. The summed E-state index contributed by atoms with van der Waals surface area (Å²) in [4.78, 5) is 3.29. The number of hydrogen-bond acceptors (Lipinski definition) is 1. The van der Waals surface area contributed by atoms with Gasteiger partial charge in [0.1, 0.15) is 0 Å². The fourth-order valence-electron chi connectivity index (χ4n) is 0.411. The van der Waals surface area contributed by atoms with Crippen LogP contribution in [0.1, 0.15) is 12.8 Å². The average molecular weight is 280 g/mol. The van der Waals surface area contributed by atoms with Crippen LogP contribution < -0.4 is 0 Å². The van der Waals surface area contributed by atoms with Gasteiger partial charge in [-0.1, -0.05) is 0 Å². The molecular formula is C7H10N2Se2. The molecule has 0 spiro atoms. The van der Waals surface area contributed by atoms with Crippen LogP contribution in [0.15, 0.2) is 0 Å². The van der Waals surface area contributed by atoms with Gasteiger partial charge in [-0.25, -0.2) is 0 Å². The number of nitriles is 1. The Morgan fingerprint density at radius 3 is 2.73 bits per heavy atom. The van der Waals surface area contributed by atoms with Crippen molar-refractivity contribution in [2.75, 3.05) is 6.54 Å². The Labute approximate surface area is 79.0 Å². The van der Waals surface area contributed by atoms with E-state index in [-0.39, 0.29) is 0 Å². The first-order valence-corrected chi connectivity index (χ1v) is 10.1. The van der Waals surface area contributed by atoms with E-state index in [1.165, 1.54) is 5.32 Å². The summed E-state index contributed by atoms with van der Waals surface area (Å²) in [6.07, 6.45) is 1.77. The van der Waals surface area contributed by atoms with Gasteiger partial charge in [-0.05, 0) is 0 Å². The van der Waals surface area contributed by atoms with Crippen molar-refractivity contribution in [3.63, 3.8) is 0 Å². The molecule has 0 aromatic carbocycles. The summed E-state index contributed by atoms with van der Waals surface area (Å²) in [5.41, 5.74) is 0. The molecule has 0 aromatic rings. The van der Waals surface area contributed by atoms with E-state index in [1.54, 1.807) is 0 Å². The standard InChI is InChI=1S/C7H10N2Se2/c1-9-5-7-11-10-6-3-2-4-8/h2-3,5-7H2. The van der Waals surface area contributed by atoms with Gasteiger partial charge < -0.3 is 0 Å². The molecule has 0 fully saturated rings. The Hall–Kier alpha value is 0.0190. The van der Waals surface area contributed by atoms with Gasteiger partial charge in [0.2, 0.25) is 0 Å². The van der Waals surface area contributed by atoms with Crippen molar-refractivity contribution >= 4 is 26.3 Å². The summed E-state index contributed by atoms with van der Waals surface area (Å²) in [6.45, 7) is 7.26. The molecule has 0 bridgehead atoms. The van der Waals surface area contributed by atoms with Crippen LogP contribution in [-0.4, -0.2) is 32.8 Å². The second-order valence-corrected chi connectivity index (χ2v) is 9.63. The van der Waals surface area contributed by atoms with Crippen molar-refractivity contribution < 1.29 is 0 Å². The third-order valence-corrected chi connectivity index (χ3v) is 8.37. The molecule has 0 saturated heterocycles. The van der Waals surface area contributed by atoms with Crippen molar-refractivity contribution in [3.05, 3.63) is 11.4 Å². The molecule has 0 heterocycles. The van der Waals surface area contributed by atoms with Gasteiger partial charge in [-0.2, -0.15) is 0 Å². The van der Waals surface area contributed by atoms with Gasteiger partial charge in [0.15, 0.2) is 0 Å². The predicted molar refractivity (Wildman–Crippen MR) is 47.4 cm³/mol. The zero-order valence-electron chi connectivity index (χ0n) is 6.25. The van der Waals surface area contributed by atoms with Crippen molar-refractivity contribution in [2.24, 2.45) is 0 Å². The number of hydrogen-bond donors (Lipinski definition) is 0. The van der Waals surface area contributed by atoms with Crippen LogP contribution in [0, 0.1) is 17.9 Å². The molecule has 0 aliphatic heterocycles. The monoisotopic (exact) mass is 282 g/mol. The molecular weight excluding hydrogens is 270 g/mol. The molecule has 2 nitrogen and oxygen atoms in total. The van der Waals surface area contributed by atoms with Crippen LogP contribution in [0.4, 0.5) is 0 Å². The van der Waals surface area contributed by atoms with Gasteiger partial charge in [0, 0.05) is 0 Å². The molecule has 0 aliphatic carbocycles. The number of nitrogens with zero attached hydrogens (tertiary/aromatic N) is 2. The molecule has 0 amide bonds. The molecule has 0 aliphatic rings. The Balaban J connectivity index is 2.82. The molecule has 0 rings (SSSR count). The summed E-state index contributed by atoms with van der Waals surface area (Å²) in [5, 5.41) is 10.6. The number of unbranched alkanes of at least 4 members (excludes halogenated alkanes) is 1. The summed E-state index contributed by atoms with van der Waals surface area (Å²) in [5.74, 6) is 0. The SMILES string of the molecule is [C-]#[N+]CC[Se][Se]CCCC#N. The van der Waals surface area contributed by atoms with Gasteiger partial charge >= 0.3 is 79.0 Å². The molecule has 0 radical (unpaired) electrons. The van der Waals surface area contributed by atoms with Gasteiger partial charge in [0.05, 0.1) is 0 Å². The van der Waals surface area contributed by atoms with Crippen LogP contribution in [0.5, 0.6) is 0 Å². The zero-order chi connectivity index (χ0) is 8.36. The maximum atomic E-state index is 8.23. The summed E-state index contributed by atoms with van der Waals surface area (Å²) >= 11 is 1.46. The topological polar surface area (TPSA) is 28.1 Å². The van der Waals surface area contributed by atoms with Crippen LogP contribution in [0.2, 0.25) is 10.6 Å². The first-order chi connectivity index (χ1) is 5.41. The Morgan fingerprint density at radius 2 is 2.09 bits per heavy atom. The molecule has 0 aromatic heterocycles. The molecule has 0 atom stereocenters. The Bertz CT molecular complexity index is 139. The van der Waals surface area contributed by atoms with Crippen LogP contribution >= 0.6 is 0 Å². The Morgan fingerprint density at radius 1 is 1.36 bits per heavy atom. The van der Waals surface area contributed by atoms with Gasteiger partial charge in [-0.3, -0.25) is 0 Å². The maximum absolute atomic E-state index is 8.23. The molecule has 60 valence electrons. The van der Waals surface area contributed by atoms with E-state index in [0.717, 1.165) is 24.9 Å². The van der Waals surface area contributed by atoms with E-state index >= 15 is 0 Å². The summed E-state index contributed by atoms with van der Waals surface area (Å²) in [7, 11) is 0. The molecule has 0 saturated carbocycles. The molecule has 0 N–H and O–H groups in total. The number of rotatable bonds is 6. The van der Waals surface area contributed by atoms with E-state index < -0.39 is 0 Å². The normalized spacial score (nSPS) is 8.55. The van der Waals surface area contributed by atoms with Crippen molar-refractivity contribution in [1.29, 1.82) is 5.26 Å². The fraction of sp³-hybridized carbons (Fsp3) is 0.714. The fourth-order valence-corrected chi connectivity index (χ4v) is 6.47. The van der Waals surface area contributed by atoms with Crippen LogP contribution in [0.3, 0.4) is 0 Å². The van der Waals surface area contributed by atoms with E-state index in [0.29, 0.717) is 26.1 Å². The third kappa shape index (κ3) is 10.0. The zero-order valence-corrected chi connectivity index (χ0v) is 9.67. The predicted octanol–water partition coefficient (Wildman–Crippen LogP) is 1.37. The second kappa shape index (κ2) is 10.0. The summed E-state index contributed by atoms with van der Waals surface area (Å²) < 4.78 is 0. The van der Waals surface area contributed by atoms with Gasteiger partial charge in [-0.15, -0.1) is 0 Å². The van der Waals surface area contributed by atoms with Gasteiger partial charge in [0.25, 0.3) is 0 Å². The van der Waals surface area contributed by atoms with E-state index in [1.807, 2.05) is 0 Å². The van der Waals surface area contributed by atoms with Crippen molar-refractivity contribution in [2.45, 2.75) is 23.5 Å². The van der Waals surface area contributed by atoms with E-state index in [9.17, 15) is 0 Å². The first-order valence-electron chi connectivity index (χ1n) is 3.36. The van der Waals surface area contributed by atoms with Crippen molar-refractivity contribution in [1.82, 2.24) is 0 Å². The molecule has 0 unspecified atom stereocenters. The molecule has 11 heavy (non-hydrogen) atoms. The minimum absolute atomic E-state index is 0.708. The molecule has 4 heteroatoms. The van der Waals surface area contributed by atoms with E-state index in [4.69, 9.17) is 11.8 Å². The van der Waals surface area contributed by atoms with Crippen LogP contribution in [-0.2, 0) is 0 Å². The minimum atomic E-state index is 0.708. The third-order valence-electron chi connectivity index (χ3n) is 0.886. The second-order valence-electron chi connectivity index (χ2n) is 1.79. The van der Waals surface area contributed by atoms with E-state index in [2.05, 4.69) is 10.9 Å².